The molecule has 1 atom stereocenters. The Morgan fingerprint density at radius 1 is 1.32 bits per heavy atom. The van der Waals surface area contributed by atoms with Gasteiger partial charge in [0.25, 0.3) is 0 Å². The van der Waals surface area contributed by atoms with Crippen molar-refractivity contribution in [2.75, 3.05) is 6.61 Å². The van der Waals surface area contributed by atoms with Crippen molar-refractivity contribution < 1.29 is 4.74 Å². The van der Waals surface area contributed by atoms with Crippen LogP contribution in [0.5, 0.6) is 5.75 Å². The Kier molecular flexibility index (Phi) is 5.85. The van der Waals surface area contributed by atoms with Crippen molar-refractivity contribution in [2.24, 2.45) is 11.1 Å². The van der Waals surface area contributed by atoms with E-state index in [0.717, 1.165) is 30.6 Å². The monoisotopic (exact) mass is 260 g/mol. The molecule has 19 heavy (non-hydrogen) atoms. The van der Waals surface area contributed by atoms with Crippen LogP contribution in [0.2, 0.25) is 0 Å². The number of ether oxygens (including phenoxy) is 1. The number of nitrogens with zero attached hydrogens (tertiary/aromatic N) is 1. The van der Waals surface area contributed by atoms with Gasteiger partial charge in [0, 0.05) is 6.04 Å². The highest BCUT2D eigenvalue weighted by molar-refractivity contribution is 5.28. The number of nitrogens with two attached hydrogens (primary N) is 1. The van der Waals surface area contributed by atoms with Gasteiger partial charge in [0.15, 0.2) is 0 Å². The molecule has 0 spiro atoms. The molecule has 0 saturated heterocycles. The molecule has 3 nitrogen and oxygen atoms in total. The third-order valence-corrected chi connectivity index (χ3v) is 3.27. The Hall–Kier alpha value is -1.53. The second-order valence-electron chi connectivity index (χ2n) is 5.53. The fourth-order valence-corrected chi connectivity index (χ4v) is 1.81. The van der Waals surface area contributed by atoms with Gasteiger partial charge in [-0.3, -0.25) is 0 Å². The molecule has 104 valence electrons. The molecule has 0 saturated carbocycles. The molecule has 1 aromatic carbocycles. The summed E-state index contributed by atoms with van der Waals surface area (Å²) in [6, 6.07) is 10.3. The number of nitriles is 1. The second kappa shape index (κ2) is 7.16. The van der Waals surface area contributed by atoms with Gasteiger partial charge in [-0.1, -0.05) is 19.1 Å². The molecule has 0 amide bonds. The molecule has 0 aliphatic heterocycles. The highest BCUT2D eigenvalue weighted by Crippen LogP contribution is 2.22. The Bertz CT molecular complexity index is 417. The highest BCUT2D eigenvalue weighted by Gasteiger charge is 2.15. The Morgan fingerprint density at radius 2 is 1.95 bits per heavy atom. The molecule has 1 unspecified atom stereocenters. The van der Waals surface area contributed by atoms with E-state index in [9.17, 15) is 0 Å². The summed E-state index contributed by atoms with van der Waals surface area (Å²) in [5.41, 5.74) is 6.83. The first kappa shape index (κ1) is 15.5. The van der Waals surface area contributed by atoms with Crippen molar-refractivity contribution in [2.45, 2.75) is 46.1 Å². The minimum atomic E-state index is -0.263. The molecular formula is C16H24N2O. The maximum Gasteiger partial charge on any atom is 0.119 e. The molecule has 1 aromatic rings. The normalized spacial score (nSPS) is 12.8. The van der Waals surface area contributed by atoms with Gasteiger partial charge < -0.3 is 10.5 Å². The lowest BCUT2D eigenvalue weighted by Gasteiger charge is -2.15. The van der Waals surface area contributed by atoms with Crippen LogP contribution in [0, 0.1) is 16.7 Å². The topological polar surface area (TPSA) is 59.0 Å². The van der Waals surface area contributed by atoms with E-state index >= 15 is 0 Å². The van der Waals surface area contributed by atoms with Crippen molar-refractivity contribution >= 4 is 0 Å². The zero-order valence-electron chi connectivity index (χ0n) is 12.1. The fourth-order valence-electron chi connectivity index (χ4n) is 1.81. The van der Waals surface area contributed by atoms with Crippen LogP contribution in [0.3, 0.4) is 0 Å². The van der Waals surface area contributed by atoms with Gasteiger partial charge >= 0.3 is 0 Å². The van der Waals surface area contributed by atoms with Crippen LogP contribution < -0.4 is 10.5 Å². The summed E-state index contributed by atoms with van der Waals surface area (Å²) in [6.07, 6.45) is 2.67. The standard InChI is InChI=1S/C16H24N2O/c1-4-15(18)13-6-8-14(9-7-13)19-11-5-10-16(2,3)12-17/h6-9,15H,4-5,10-11,18H2,1-3H3. The van der Waals surface area contributed by atoms with Crippen LogP contribution in [0.25, 0.3) is 0 Å². The summed E-state index contributed by atoms with van der Waals surface area (Å²) in [4.78, 5) is 0. The first-order valence-corrected chi connectivity index (χ1v) is 6.88. The quantitative estimate of drug-likeness (QED) is 0.758. The first-order valence-electron chi connectivity index (χ1n) is 6.88. The summed E-state index contributed by atoms with van der Waals surface area (Å²) in [6.45, 7) is 6.62. The SMILES string of the molecule is CCC(N)c1ccc(OCCCC(C)(C)C#N)cc1. The number of rotatable bonds is 7. The lowest BCUT2D eigenvalue weighted by Crippen LogP contribution is -2.10. The van der Waals surface area contributed by atoms with E-state index in [2.05, 4.69) is 13.0 Å². The van der Waals surface area contributed by atoms with Crippen molar-refractivity contribution in [3.63, 3.8) is 0 Å². The van der Waals surface area contributed by atoms with Crippen molar-refractivity contribution in [1.29, 1.82) is 5.26 Å². The smallest absolute Gasteiger partial charge is 0.119 e. The molecule has 0 heterocycles. The molecule has 0 radical (unpaired) electrons. The summed E-state index contributed by atoms with van der Waals surface area (Å²) < 4.78 is 5.66. The summed E-state index contributed by atoms with van der Waals surface area (Å²) in [7, 11) is 0. The number of benzene rings is 1. The summed E-state index contributed by atoms with van der Waals surface area (Å²) >= 11 is 0. The number of hydrogen-bond donors (Lipinski definition) is 1. The first-order chi connectivity index (χ1) is 8.98. The number of hydrogen-bond acceptors (Lipinski definition) is 3. The molecule has 0 bridgehead atoms. The lowest BCUT2D eigenvalue weighted by molar-refractivity contribution is 0.284. The van der Waals surface area contributed by atoms with Crippen LogP contribution in [0.1, 0.15) is 51.6 Å². The van der Waals surface area contributed by atoms with Crippen LogP contribution in [-0.2, 0) is 0 Å². The molecule has 3 heteroatoms. The van der Waals surface area contributed by atoms with Gasteiger partial charge in [-0.2, -0.15) is 5.26 Å². The zero-order valence-corrected chi connectivity index (χ0v) is 12.1. The molecule has 0 aromatic heterocycles. The third kappa shape index (κ3) is 5.32. The van der Waals surface area contributed by atoms with Crippen molar-refractivity contribution in [1.82, 2.24) is 0 Å². The minimum Gasteiger partial charge on any atom is -0.494 e. The Labute approximate surface area is 116 Å². The van der Waals surface area contributed by atoms with E-state index in [1.54, 1.807) is 0 Å². The Balaban J connectivity index is 2.37. The van der Waals surface area contributed by atoms with Gasteiger partial charge in [-0.05, 0) is 50.8 Å². The molecule has 1 rings (SSSR count). The van der Waals surface area contributed by atoms with Gasteiger partial charge in [-0.15, -0.1) is 0 Å². The average Bonchev–Trinajstić information content (AvgIpc) is 2.43. The molecule has 0 aliphatic carbocycles. The zero-order chi connectivity index (χ0) is 14.3. The van der Waals surface area contributed by atoms with E-state index in [4.69, 9.17) is 15.7 Å². The third-order valence-electron chi connectivity index (χ3n) is 3.27. The molecule has 0 aliphatic rings. The highest BCUT2D eigenvalue weighted by atomic mass is 16.5. The van der Waals surface area contributed by atoms with Crippen LogP contribution >= 0.6 is 0 Å². The predicted molar refractivity (Wildman–Crippen MR) is 77.8 cm³/mol. The van der Waals surface area contributed by atoms with Crippen molar-refractivity contribution in [3.05, 3.63) is 29.8 Å². The van der Waals surface area contributed by atoms with Gasteiger partial charge in [0.1, 0.15) is 5.75 Å². The second-order valence-corrected chi connectivity index (χ2v) is 5.53. The van der Waals surface area contributed by atoms with E-state index in [-0.39, 0.29) is 11.5 Å². The summed E-state index contributed by atoms with van der Waals surface area (Å²) in [5.74, 6) is 0.863. The molecular weight excluding hydrogens is 236 g/mol. The maximum atomic E-state index is 8.91. The lowest BCUT2D eigenvalue weighted by atomic mass is 9.90. The van der Waals surface area contributed by atoms with Crippen molar-refractivity contribution in [3.8, 4) is 11.8 Å². The maximum absolute atomic E-state index is 8.91. The van der Waals surface area contributed by atoms with Gasteiger partial charge in [0.2, 0.25) is 0 Å². The van der Waals surface area contributed by atoms with E-state index < -0.39 is 0 Å². The van der Waals surface area contributed by atoms with Gasteiger partial charge in [-0.25, -0.2) is 0 Å². The van der Waals surface area contributed by atoms with Gasteiger partial charge in [0.05, 0.1) is 18.1 Å². The molecule has 0 fully saturated rings. The Morgan fingerprint density at radius 3 is 2.47 bits per heavy atom. The average molecular weight is 260 g/mol. The van der Waals surface area contributed by atoms with E-state index in [1.807, 2.05) is 38.1 Å². The largest absolute Gasteiger partial charge is 0.494 e. The predicted octanol–water partition coefficient (Wildman–Crippen LogP) is 3.81. The van der Waals surface area contributed by atoms with Crippen LogP contribution in [0.4, 0.5) is 0 Å². The fraction of sp³-hybridized carbons (Fsp3) is 0.562. The minimum absolute atomic E-state index is 0.102. The summed E-state index contributed by atoms with van der Waals surface area (Å²) in [5, 5.41) is 8.91. The van der Waals surface area contributed by atoms with E-state index in [1.165, 1.54) is 0 Å². The molecule has 2 N–H and O–H groups in total. The van der Waals surface area contributed by atoms with E-state index in [0.29, 0.717) is 6.61 Å². The van der Waals surface area contributed by atoms with Crippen LogP contribution in [0.15, 0.2) is 24.3 Å². The van der Waals surface area contributed by atoms with Crippen LogP contribution in [-0.4, -0.2) is 6.61 Å².